The van der Waals surface area contributed by atoms with Gasteiger partial charge >= 0.3 is 0 Å². The molecule has 0 bridgehead atoms. The lowest BCUT2D eigenvalue weighted by molar-refractivity contribution is 0.131. The van der Waals surface area contributed by atoms with Gasteiger partial charge in [0.1, 0.15) is 5.75 Å². The minimum absolute atomic E-state index is 0.769. The fourth-order valence-electron chi connectivity index (χ4n) is 4.08. The van der Waals surface area contributed by atoms with Crippen molar-refractivity contribution in [1.82, 2.24) is 9.80 Å². The lowest BCUT2D eigenvalue weighted by Crippen LogP contribution is -2.46. The summed E-state index contributed by atoms with van der Waals surface area (Å²) in [6, 6.07) is 17.5. The van der Waals surface area contributed by atoms with E-state index in [1.54, 1.807) is 0 Å². The summed E-state index contributed by atoms with van der Waals surface area (Å²) >= 11 is 0. The van der Waals surface area contributed by atoms with E-state index < -0.39 is 0 Å². The van der Waals surface area contributed by atoms with Gasteiger partial charge in [-0.05, 0) is 42.8 Å². The van der Waals surface area contributed by atoms with Crippen LogP contribution in [0.15, 0.2) is 48.5 Å². The van der Waals surface area contributed by atoms with Gasteiger partial charge in [0.25, 0.3) is 0 Å². The Labute approximate surface area is 162 Å². The number of hydrogen-bond acceptors (Lipinski definition) is 3. The minimum atomic E-state index is 0.769. The Kier molecular flexibility index (Phi) is 5.61. The molecule has 1 aliphatic rings. The average molecular weight is 363 g/mol. The summed E-state index contributed by atoms with van der Waals surface area (Å²) in [6.45, 7) is 12.2. The van der Waals surface area contributed by atoms with E-state index in [4.69, 9.17) is 4.74 Å². The van der Waals surface area contributed by atoms with Crippen molar-refractivity contribution >= 4 is 21.5 Å². The number of hydrogen-bond donors (Lipinski definition) is 0. The molecule has 142 valence electrons. The zero-order valence-corrected chi connectivity index (χ0v) is 16.6. The molecular formula is C24H30N2O. The van der Waals surface area contributed by atoms with Crippen molar-refractivity contribution in [2.45, 2.75) is 20.3 Å². The fraction of sp³-hybridized carbons (Fsp3) is 0.417. The minimum Gasteiger partial charge on any atom is -0.492 e. The summed E-state index contributed by atoms with van der Waals surface area (Å²) in [5, 5.41) is 4.95. The summed E-state index contributed by atoms with van der Waals surface area (Å²) in [5.74, 6) is 1.04. The number of likely N-dealkylation sites (N-methyl/N-ethyl adjacent to an activating group) is 1. The zero-order chi connectivity index (χ0) is 18.6. The van der Waals surface area contributed by atoms with Crippen LogP contribution in [0.5, 0.6) is 5.75 Å². The second kappa shape index (κ2) is 8.28. The van der Waals surface area contributed by atoms with Gasteiger partial charge in [0.05, 0.1) is 6.61 Å². The van der Waals surface area contributed by atoms with Crippen LogP contribution in [0.1, 0.15) is 18.9 Å². The molecule has 0 amide bonds. The molecule has 0 aliphatic carbocycles. The van der Waals surface area contributed by atoms with Crippen molar-refractivity contribution < 1.29 is 4.74 Å². The number of rotatable bonds is 6. The van der Waals surface area contributed by atoms with E-state index in [1.807, 2.05) is 0 Å². The highest BCUT2D eigenvalue weighted by Crippen LogP contribution is 2.35. The summed E-state index contributed by atoms with van der Waals surface area (Å²) in [6.07, 6.45) is 1.07. The SMILES string of the molecule is CCN1CCN(CCCOc2c3ccccc3cc3ccc(C)cc23)CC1. The standard InChI is InChI=1S/C24H30N2O/c1-3-25-12-14-26(15-13-25)11-6-16-27-24-22-8-5-4-7-20(22)18-21-10-9-19(2)17-23(21)24/h4-5,7-10,17-18H,3,6,11-16H2,1-2H3. The first-order chi connectivity index (χ1) is 13.2. The van der Waals surface area contributed by atoms with Crippen molar-refractivity contribution in [2.24, 2.45) is 0 Å². The third kappa shape index (κ3) is 4.10. The van der Waals surface area contributed by atoms with E-state index in [2.05, 4.69) is 72.2 Å². The first kappa shape index (κ1) is 18.3. The van der Waals surface area contributed by atoms with Crippen molar-refractivity contribution in [2.75, 3.05) is 45.9 Å². The van der Waals surface area contributed by atoms with Gasteiger partial charge in [-0.15, -0.1) is 0 Å². The Balaban J connectivity index is 1.47. The average Bonchev–Trinajstić information content (AvgIpc) is 2.71. The smallest absolute Gasteiger partial charge is 0.134 e. The monoisotopic (exact) mass is 362 g/mol. The summed E-state index contributed by atoms with van der Waals surface area (Å²) < 4.78 is 6.38. The van der Waals surface area contributed by atoms with Gasteiger partial charge in [0, 0.05) is 43.5 Å². The number of nitrogens with zero attached hydrogens (tertiary/aromatic N) is 2. The zero-order valence-electron chi connectivity index (χ0n) is 16.6. The fourth-order valence-corrected chi connectivity index (χ4v) is 4.08. The molecule has 0 spiro atoms. The molecule has 3 aromatic rings. The Morgan fingerprint density at radius 2 is 1.59 bits per heavy atom. The second-order valence-corrected chi connectivity index (χ2v) is 7.63. The van der Waals surface area contributed by atoms with E-state index in [9.17, 15) is 0 Å². The lowest BCUT2D eigenvalue weighted by Gasteiger charge is -2.33. The first-order valence-corrected chi connectivity index (χ1v) is 10.2. The topological polar surface area (TPSA) is 15.7 Å². The Bertz CT molecular complexity index is 913. The third-order valence-corrected chi connectivity index (χ3v) is 5.75. The molecule has 0 unspecified atom stereocenters. The van der Waals surface area contributed by atoms with Gasteiger partial charge in [0.2, 0.25) is 0 Å². The van der Waals surface area contributed by atoms with Crippen LogP contribution in [0, 0.1) is 6.92 Å². The predicted octanol–water partition coefficient (Wildman–Crippen LogP) is 4.71. The molecule has 1 fully saturated rings. The Morgan fingerprint density at radius 1 is 0.852 bits per heavy atom. The number of ether oxygens (including phenoxy) is 1. The van der Waals surface area contributed by atoms with Crippen LogP contribution in [0.2, 0.25) is 0 Å². The van der Waals surface area contributed by atoms with Crippen molar-refractivity contribution in [3.63, 3.8) is 0 Å². The molecule has 0 atom stereocenters. The highest BCUT2D eigenvalue weighted by Gasteiger charge is 2.15. The molecule has 0 radical (unpaired) electrons. The molecule has 3 nitrogen and oxygen atoms in total. The molecule has 27 heavy (non-hydrogen) atoms. The van der Waals surface area contributed by atoms with E-state index in [0.717, 1.165) is 25.3 Å². The van der Waals surface area contributed by atoms with Crippen LogP contribution in [-0.4, -0.2) is 55.7 Å². The van der Waals surface area contributed by atoms with Crippen LogP contribution in [0.25, 0.3) is 21.5 Å². The Hall–Kier alpha value is -2.10. The van der Waals surface area contributed by atoms with Gasteiger partial charge in [-0.25, -0.2) is 0 Å². The third-order valence-electron chi connectivity index (χ3n) is 5.75. The number of piperazine rings is 1. The quantitative estimate of drug-likeness (QED) is 0.467. The van der Waals surface area contributed by atoms with Gasteiger partial charge in [0.15, 0.2) is 0 Å². The van der Waals surface area contributed by atoms with Crippen LogP contribution < -0.4 is 4.74 Å². The molecule has 3 heteroatoms. The number of aryl methyl sites for hydroxylation is 1. The van der Waals surface area contributed by atoms with Crippen LogP contribution in [0.3, 0.4) is 0 Å². The Morgan fingerprint density at radius 3 is 2.41 bits per heavy atom. The molecular weight excluding hydrogens is 332 g/mol. The molecule has 3 aromatic carbocycles. The number of fused-ring (bicyclic) bond motifs is 2. The number of benzene rings is 3. The van der Waals surface area contributed by atoms with E-state index in [1.165, 1.54) is 59.8 Å². The molecule has 1 saturated heterocycles. The molecule has 0 aromatic heterocycles. The van der Waals surface area contributed by atoms with Crippen molar-refractivity contribution in [3.8, 4) is 5.75 Å². The van der Waals surface area contributed by atoms with E-state index in [0.29, 0.717) is 0 Å². The van der Waals surface area contributed by atoms with E-state index >= 15 is 0 Å². The van der Waals surface area contributed by atoms with Gasteiger partial charge in [-0.3, -0.25) is 0 Å². The van der Waals surface area contributed by atoms with E-state index in [-0.39, 0.29) is 0 Å². The lowest BCUT2D eigenvalue weighted by atomic mass is 10.0. The molecule has 0 saturated carbocycles. The second-order valence-electron chi connectivity index (χ2n) is 7.63. The maximum Gasteiger partial charge on any atom is 0.134 e. The molecule has 1 heterocycles. The van der Waals surface area contributed by atoms with Crippen LogP contribution in [0.4, 0.5) is 0 Å². The maximum atomic E-state index is 6.38. The maximum absolute atomic E-state index is 6.38. The van der Waals surface area contributed by atoms with Gasteiger partial charge in [-0.1, -0.05) is 48.9 Å². The van der Waals surface area contributed by atoms with Crippen LogP contribution in [-0.2, 0) is 0 Å². The molecule has 4 rings (SSSR count). The first-order valence-electron chi connectivity index (χ1n) is 10.2. The summed E-state index contributed by atoms with van der Waals surface area (Å²) in [5.41, 5.74) is 1.27. The summed E-state index contributed by atoms with van der Waals surface area (Å²) in [7, 11) is 0. The van der Waals surface area contributed by atoms with Crippen molar-refractivity contribution in [3.05, 3.63) is 54.1 Å². The normalized spacial score (nSPS) is 16.2. The molecule has 1 aliphatic heterocycles. The van der Waals surface area contributed by atoms with Crippen molar-refractivity contribution in [1.29, 1.82) is 0 Å². The van der Waals surface area contributed by atoms with Crippen LogP contribution >= 0.6 is 0 Å². The highest BCUT2D eigenvalue weighted by molar-refractivity contribution is 6.05. The van der Waals surface area contributed by atoms with Gasteiger partial charge in [-0.2, -0.15) is 0 Å². The molecule has 0 N–H and O–H groups in total. The van der Waals surface area contributed by atoms with Gasteiger partial charge < -0.3 is 14.5 Å². The largest absolute Gasteiger partial charge is 0.492 e. The highest BCUT2D eigenvalue weighted by atomic mass is 16.5. The summed E-state index contributed by atoms with van der Waals surface area (Å²) in [4.78, 5) is 5.10. The predicted molar refractivity (Wildman–Crippen MR) is 115 cm³/mol.